The van der Waals surface area contributed by atoms with Crippen LogP contribution in [-0.2, 0) is 5.67 Å². The van der Waals surface area contributed by atoms with Gasteiger partial charge in [-0.05, 0) is 28.1 Å². The Morgan fingerprint density at radius 2 is 1.86 bits per heavy atom. The molecule has 0 N–H and O–H groups in total. The number of hydrogen-bond donors (Lipinski definition) is 0. The summed E-state index contributed by atoms with van der Waals surface area (Å²) >= 11 is 3.07. The fourth-order valence-corrected chi connectivity index (χ4v) is 1.95. The topological polar surface area (TPSA) is 12.9 Å². The number of rotatable bonds is 1. The van der Waals surface area contributed by atoms with E-state index in [1.54, 1.807) is 12.1 Å². The van der Waals surface area contributed by atoms with Crippen molar-refractivity contribution in [2.24, 2.45) is 0 Å². The molecule has 1 aromatic heterocycles. The molecule has 1 aliphatic carbocycles. The molecule has 1 fully saturated rings. The summed E-state index contributed by atoms with van der Waals surface area (Å²) in [6.07, 6.45) is -1.52. The lowest BCUT2D eigenvalue weighted by Crippen LogP contribution is -2.46. The van der Waals surface area contributed by atoms with Gasteiger partial charge in [0.05, 0.1) is 18.5 Å². The smallest absolute Gasteiger partial charge is 0.243 e. The molecule has 1 aliphatic rings. The first-order chi connectivity index (χ1) is 6.41. The highest BCUT2D eigenvalue weighted by atomic mass is 79.9. The molecule has 2 rings (SSSR count). The molecule has 0 unspecified atom stereocenters. The molecule has 0 radical (unpaired) electrons. The summed E-state index contributed by atoms with van der Waals surface area (Å²) in [4.78, 5) is 3.84. The van der Waals surface area contributed by atoms with E-state index in [4.69, 9.17) is 0 Å². The molecule has 0 spiro atoms. The van der Waals surface area contributed by atoms with E-state index in [2.05, 4.69) is 20.9 Å². The monoisotopic (exact) mass is 265 g/mol. The maximum absolute atomic E-state index is 13.8. The fourth-order valence-electron chi connectivity index (χ4n) is 1.61. The predicted octanol–water partition coefficient (Wildman–Crippen LogP) is 3.44. The highest BCUT2D eigenvalue weighted by molar-refractivity contribution is 9.10. The SMILES string of the molecule is FC1(F)CC(F)(c2cccc(Br)n2)C1. The third kappa shape index (κ3) is 1.65. The Morgan fingerprint density at radius 1 is 1.21 bits per heavy atom. The lowest BCUT2D eigenvalue weighted by molar-refractivity contribution is -0.176. The van der Waals surface area contributed by atoms with Crippen molar-refractivity contribution in [2.75, 3.05) is 0 Å². The molecule has 76 valence electrons. The Labute approximate surface area is 87.5 Å². The molecule has 0 atom stereocenters. The maximum atomic E-state index is 13.8. The molecule has 1 heterocycles. The van der Waals surface area contributed by atoms with Gasteiger partial charge in [-0.3, -0.25) is 0 Å². The van der Waals surface area contributed by atoms with Gasteiger partial charge in [0.25, 0.3) is 5.92 Å². The van der Waals surface area contributed by atoms with Crippen molar-refractivity contribution in [1.29, 1.82) is 0 Å². The van der Waals surface area contributed by atoms with Gasteiger partial charge < -0.3 is 0 Å². The van der Waals surface area contributed by atoms with Crippen LogP contribution in [0, 0.1) is 0 Å². The standard InChI is InChI=1S/C9H7BrF3N/c10-7-3-1-2-6(14-7)8(11)4-9(12,13)5-8/h1-3H,4-5H2. The number of aromatic nitrogens is 1. The highest BCUT2D eigenvalue weighted by Crippen LogP contribution is 2.53. The number of nitrogens with zero attached hydrogens (tertiary/aromatic N) is 1. The van der Waals surface area contributed by atoms with Crippen LogP contribution in [0.5, 0.6) is 0 Å². The second-order valence-corrected chi connectivity index (χ2v) is 4.33. The van der Waals surface area contributed by atoms with Crippen molar-refractivity contribution < 1.29 is 13.2 Å². The van der Waals surface area contributed by atoms with Gasteiger partial charge >= 0.3 is 0 Å². The molecule has 14 heavy (non-hydrogen) atoms. The van der Waals surface area contributed by atoms with Crippen molar-refractivity contribution in [3.05, 3.63) is 28.5 Å². The van der Waals surface area contributed by atoms with E-state index in [1.165, 1.54) is 6.07 Å². The van der Waals surface area contributed by atoms with Crippen molar-refractivity contribution >= 4 is 15.9 Å². The van der Waals surface area contributed by atoms with E-state index in [9.17, 15) is 13.2 Å². The summed E-state index contributed by atoms with van der Waals surface area (Å²) in [5.41, 5.74) is -1.87. The summed E-state index contributed by atoms with van der Waals surface area (Å²) in [6, 6.07) is 4.65. The van der Waals surface area contributed by atoms with Gasteiger partial charge in [0.2, 0.25) is 0 Å². The lowest BCUT2D eigenvalue weighted by atomic mass is 9.76. The summed E-state index contributed by atoms with van der Waals surface area (Å²) in [5.74, 6) is -2.88. The summed E-state index contributed by atoms with van der Waals surface area (Å²) in [7, 11) is 0. The van der Waals surface area contributed by atoms with Gasteiger partial charge in [0.1, 0.15) is 4.60 Å². The van der Waals surface area contributed by atoms with E-state index in [1.807, 2.05) is 0 Å². The second-order valence-electron chi connectivity index (χ2n) is 3.52. The van der Waals surface area contributed by atoms with Crippen molar-refractivity contribution in [3.63, 3.8) is 0 Å². The second kappa shape index (κ2) is 2.95. The number of alkyl halides is 3. The van der Waals surface area contributed by atoms with E-state index in [0.29, 0.717) is 4.60 Å². The van der Waals surface area contributed by atoms with Crippen molar-refractivity contribution in [3.8, 4) is 0 Å². The molecular weight excluding hydrogens is 259 g/mol. The minimum atomic E-state index is -2.88. The van der Waals surface area contributed by atoms with Crippen molar-refractivity contribution in [2.45, 2.75) is 24.4 Å². The molecule has 0 amide bonds. The normalized spacial score (nSPS) is 22.9. The first-order valence-corrected chi connectivity index (χ1v) is 4.90. The molecule has 5 heteroatoms. The average molecular weight is 266 g/mol. The molecule has 1 aromatic rings. The van der Waals surface area contributed by atoms with Crippen LogP contribution in [0.25, 0.3) is 0 Å². The zero-order chi connectivity index (χ0) is 10.4. The van der Waals surface area contributed by atoms with Gasteiger partial charge in [-0.1, -0.05) is 6.07 Å². The van der Waals surface area contributed by atoms with Crippen LogP contribution in [0.1, 0.15) is 18.5 Å². The third-order valence-electron chi connectivity index (χ3n) is 2.25. The van der Waals surface area contributed by atoms with Crippen LogP contribution in [0.2, 0.25) is 0 Å². The molecular formula is C9H7BrF3N. The number of halogens is 4. The van der Waals surface area contributed by atoms with Gasteiger partial charge in [-0.2, -0.15) is 0 Å². The predicted molar refractivity (Wildman–Crippen MR) is 48.9 cm³/mol. The summed E-state index contributed by atoms with van der Waals surface area (Å²) in [5, 5.41) is 0. The summed E-state index contributed by atoms with van der Waals surface area (Å²) in [6.45, 7) is 0. The molecule has 0 aliphatic heterocycles. The van der Waals surface area contributed by atoms with Crippen LogP contribution in [-0.4, -0.2) is 10.9 Å². The Morgan fingerprint density at radius 3 is 2.36 bits per heavy atom. The zero-order valence-corrected chi connectivity index (χ0v) is 8.69. The van der Waals surface area contributed by atoms with Gasteiger partial charge in [0, 0.05) is 0 Å². The van der Waals surface area contributed by atoms with E-state index in [0.717, 1.165) is 0 Å². The van der Waals surface area contributed by atoms with Crippen LogP contribution in [0.3, 0.4) is 0 Å². The van der Waals surface area contributed by atoms with Crippen LogP contribution in [0.15, 0.2) is 22.8 Å². The molecule has 0 saturated heterocycles. The van der Waals surface area contributed by atoms with Crippen LogP contribution < -0.4 is 0 Å². The molecule has 0 bridgehead atoms. The zero-order valence-electron chi connectivity index (χ0n) is 7.11. The highest BCUT2D eigenvalue weighted by Gasteiger charge is 2.59. The Kier molecular flexibility index (Phi) is 2.10. The fraction of sp³-hybridized carbons (Fsp3) is 0.444. The van der Waals surface area contributed by atoms with Crippen LogP contribution >= 0.6 is 15.9 Å². The quantitative estimate of drug-likeness (QED) is 0.709. The minimum Gasteiger partial charge on any atom is -0.243 e. The lowest BCUT2D eigenvalue weighted by Gasteiger charge is -2.40. The first kappa shape index (κ1) is 9.96. The van der Waals surface area contributed by atoms with Crippen molar-refractivity contribution in [1.82, 2.24) is 4.98 Å². The average Bonchev–Trinajstić information content (AvgIpc) is 2.00. The maximum Gasteiger partial charge on any atom is 0.255 e. The Balaban J connectivity index is 2.25. The van der Waals surface area contributed by atoms with Crippen LogP contribution in [0.4, 0.5) is 13.2 Å². The largest absolute Gasteiger partial charge is 0.255 e. The Bertz CT molecular complexity index is 359. The van der Waals surface area contributed by atoms with E-state index in [-0.39, 0.29) is 5.69 Å². The molecule has 1 saturated carbocycles. The van der Waals surface area contributed by atoms with Gasteiger partial charge in [0.15, 0.2) is 5.67 Å². The number of hydrogen-bond acceptors (Lipinski definition) is 1. The van der Waals surface area contributed by atoms with Gasteiger partial charge in [-0.25, -0.2) is 18.2 Å². The molecule has 0 aromatic carbocycles. The van der Waals surface area contributed by atoms with E-state index < -0.39 is 24.4 Å². The van der Waals surface area contributed by atoms with E-state index >= 15 is 0 Å². The first-order valence-electron chi connectivity index (χ1n) is 4.11. The molecule has 1 nitrogen and oxygen atoms in total. The number of pyridine rings is 1. The minimum absolute atomic E-state index is 0.0813. The third-order valence-corrected chi connectivity index (χ3v) is 2.69. The Hall–Kier alpha value is -0.580. The van der Waals surface area contributed by atoms with Gasteiger partial charge in [-0.15, -0.1) is 0 Å². The summed E-state index contributed by atoms with van der Waals surface area (Å²) < 4.78 is 39.3.